The molecule has 1 aromatic carbocycles. The monoisotopic (exact) mass is 387 g/mol. The summed E-state index contributed by atoms with van der Waals surface area (Å²) in [7, 11) is 1.66. The van der Waals surface area contributed by atoms with Crippen LogP contribution < -0.4 is 15.8 Å². The molecule has 0 amide bonds. The number of nitrogens with one attached hydrogen (secondary N) is 1. The van der Waals surface area contributed by atoms with Crippen LogP contribution in [-0.2, 0) is 0 Å². The Balaban J connectivity index is 0.00000147. The van der Waals surface area contributed by atoms with Gasteiger partial charge in [-0.1, -0.05) is 0 Å². The Morgan fingerprint density at radius 3 is 2.50 bits per heavy atom. The van der Waals surface area contributed by atoms with E-state index in [0.717, 1.165) is 23.9 Å². The van der Waals surface area contributed by atoms with Crippen molar-refractivity contribution in [3.8, 4) is 5.75 Å². The van der Waals surface area contributed by atoms with Crippen molar-refractivity contribution in [1.29, 1.82) is 0 Å². The molecular formula is C15H22IN3O. The van der Waals surface area contributed by atoms with Crippen molar-refractivity contribution in [2.24, 2.45) is 22.1 Å². The number of nitrogens with zero attached hydrogens (tertiary/aromatic N) is 1. The van der Waals surface area contributed by atoms with E-state index in [-0.39, 0.29) is 24.0 Å². The van der Waals surface area contributed by atoms with E-state index in [0.29, 0.717) is 11.4 Å². The Kier molecular flexibility index (Phi) is 4.78. The Morgan fingerprint density at radius 2 is 2.00 bits per heavy atom. The zero-order chi connectivity index (χ0) is 13.3. The fraction of sp³-hybridized carbons (Fsp3) is 0.533. The largest absolute Gasteiger partial charge is 0.497 e. The number of aliphatic imine (C=N–C) groups is 1. The maximum atomic E-state index is 5.94. The quantitative estimate of drug-likeness (QED) is 0.463. The van der Waals surface area contributed by atoms with E-state index in [4.69, 9.17) is 10.5 Å². The van der Waals surface area contributed by atoms with Gasteiger partial charge in [0.1, 0.15) is 5.75 Å². The zero-order valence-electron chi connectivity index (χ0n) is 11.8. The minimum atomic E-state index is 0. The van der Waals surface area contributed by atoms with Gasteiger partial charge in [0.15, 0.2) is 5.96 Å². The predicted octanol–water partition coefficient (Wildman–Crippen LogP) is 3.23. The minimum Gasteiger partial charge on any atom is -0.497 e. The number of benzene rings is 1. The summed E-state index contributed by atoms with van der Waals surface area (Å²) in [5.74, 6) is 2.27. The van der Waals surface area contributed by atoms with Gasteiger partial charge in [0.25, 0.3) is 0 Å². The third-order valence-electron chi connectivity index (χ3n) is 4.26. The summed E-state index contributed by atoms with van der Waals surface area (Å²) in [6.45, 7) is 0.882. The molecule has 0 unspecified atom stereocenters. The molecule has 2 saturated carbocycles. The first kappa shape index (κ1) is 15.4. The first-order valence-electron chi connectivity index (χ1n) is 6.93. The van der Waals surface area contributed by atoms with Crippen LogP contribution >= 0.6 is 24.0 Å². The van der Waals surface area contributed by atoms with Crippen molar-refractivity contribution in [3.63, 3.8) is 0 Å². The molecule has 0 aromatic heterocycles. The Morgan fingerprint density at radius 1 is 1.35 bits per heavy atom. The van der Waals surface area contributed by atoms with E-state index in [1.807, 2.05) is 24.3 Å². The van der Waals surface area contributed by atoms with Crippen molar-refractivity contribution in [1.82, 2.24) is 0 Å². The molecule has 2 aliphatic rings. The second-order valence-electron chi connectivity index (χ2n) is 5.69. The van der Waals surface area contributed by atoms with Crippen molar-refractivity contribution >= 4 is 35.6 Å². The molecule has 0 atom stereocenters. The molecule has 2 aliphatic carbocycles. The van der Waals surface area contributed by atoms with Crippen LogP contribution in [0.4, 0.5) is 5.69 Å². The lowest BCUT2D eigenvalue weighted by Gasteiger charge is -2.11. The highest BCUT2D eigenvalue weighted by Gasteiger charge is 2.53. The third kappa shape index (κ3) is 3.56. The van der Waals surface area contributed by atoms with Gasteiger partial charge in [-0.15, -0.1) is 24.0 Å². The molecule has 1 aromatic rings. The molecule has 0 radical (unpaired) electrons. The molecular weight excluding hydrogens is 365 g/mol. The molecule has 0 heterocycles. The summed E-state index contributed by atoms with van der Waals surface area (Å²) in [5.41, 5.74) is 7.39. The number of halogens is 1. The Bertz CT molecular complexity index is 478. The zero-order valence-corrected chi connectivity index (χ0v) is 14.1. The van der Waals surface area contributed by atoms with Gasteiger partial charge in [0, 0.05) is 12.2 Å². The summed E-state index contributed by atoms with van der Waals surface area (Å²) in [4.78, 5) is 4.51. The average molecular weight is 387 g/mol. The van der Waals surface area contributed by atoms with E-state index < -0.39 is 0 Å². The number of ether oxygens (including phenoxy) is 1. The van der Waals surface area contributed by atoms with Gasteiger partial charge >= 0.3 is 0 Å². The van der Waals surface area contributed by atoms with Crippen LogP contribution in [0.25, 0.3) is 0 Å². The number of methoxy groups -OCH3 is 1. The van der Waals surface area contributed by atoms with Crippen LogP contribution in [0.1, 0.15) is 25.7 Å². The number of hydrogen-bond acceptors (Lipinski definition) is 2. The molecule has 110 valence electrons. The van der Waals surface area contributed by atoms with Gasteiger partial charge in [-0.2, -0.15) is 0 Å². The SMILES string of the molecule is COc1ccc(NC(N)=NCC2(C3CC3)CC2)cc1.I. The fourth-order valence-electron chi connectivity index (χ4n) is 2.66. The molecule has 3 N–H and O–H groups in total. The summed E-state index contributed by atoms with van der Waals surface area (Å²) in [6, 6.07) is 7.69. The molecule has 2 fully saturated rings. The molecule has 0 saturated heterocycles. The second-order valence-corrected chi connectivity index (χ2v) is 5.69. The van der Waals surface area contributed by atoms with Crippen molar-refractivity contribution in [2.75, 3.05) is 19.0 Å². The first-order chi connectivity index (χ1) is 9.22. The van der Waals surface area contributed by atoms with Crippen molar-refractivity contribution in [3.05, 3.63) is 24.3 Å². The van der Waals surface area contributed by atoms with Crippen LogP contribution in [0, 0.1) is 11.3 Å². The summed E-state index contributed by atoms with van der Waals surface area (Å²) in [6.07, 6.45) is 5.44. The number of hydrogen-bond donors (Lipinski definition) is 2. The van der Waals surface area contributed by atoms with Crippen LogP contribution in [0.3, 0.4) is 0 Å². The topological polar surface area (TPSA) is 59.6 Å². The summed E-state index contributed by atoms with van der Waals surface area (Å²) in [5, 5.41) is 3.13. The Labute approximate surface area is 137 Å². The molecule has 0 spiro atoms. The maximum absolute atomic E-state index is 5.94. The first-order valence-corrected chi connectivity index (χ1v) is 6.93. The number of anilines is 1. The molecule has 4 nitrogen and oxygen atoms in total. The molecule has 3 rings (SSSR count). The van der Waals surface area contributed by atoms with E-state index in [9.17, 15) is 0 Å². The van der Waals surface area contributed by atoms with Crippen LogP contribution in [0.5, 0.6) is 5.75 Å². The van der Waals surface area contributed by atoms with Crippen molar-refractivity contribution < 1.29 is 4.74 Å². The van der Waals surface area contributed by atoms with Crippen LogP contribution in [0.15, 0.2) is 29.3 Å². The lowest BCUT2D eigenvalue weighted by molar-refractivity contribution is 0.415. The van der Waals surface area contributed by atoms with Gasteiger partial charge in [-0.3, -0.25) is 4.99 Å². The van der Waals surface area contributed by atoms with Gasteiger partial charge < -0.3 is 15.8 Å². The highest BCUT2D eigenvalue weighted by Crippen LogP contribution is 2.61. The maximum Gasteiger partial charge on any atom is 0.193 e. The standard InChI is InChI=1S/C15H21N3O.HI/c1-19-13-6-4-12(5-7-13)18-14(16)17-10-15(8-9-15)11-2-3-11;/h4-7,11H,2-3,8-10H2,1H3,(H3,16,17,18);1H. The number of guanidine groups is 1. The van der Waals surface area contributed by atoms with Gasteiger partial charge in [0.05, 0.1) is 7.11 Å². The molecule has 5 heteroatoms. The number of rotatable bonds is 5. The molecule has 0 bridgehead atoms. The average Bonchev–Trinajstić information content (AvgIpc) is 3.29. The third-order valence-corrected chi connectivity index (χ3v) is 4.26. The highest BCUT2D eigenvalue weighted by molar-refractivity contribution is 14.0. The molecule has 20 heavy (non-hydrogen) atoms. The van der Waals surface area contributed by atoms with Gasteiger partial charge in [0.2, 0.25) is 0 Å². The fourth-order valence-corrected chi connectivity index (χ4v) is 2.66. The van der Waals surface area contributed by atoms with E-state index >= 15 is 0 Å². The lowest BCUT2D eigenvalue weighted by Crippen LogP contribution is -2.24. The van der Waals surface area contributed by atoms with E-state index in [1.165, 1.54) is 25.7 Å². The highest BCUT2D eigenvalue weighted by atomic mass is 127. The minimum absolute atomic E-state index is 0. The number of nitrogens with two attached hydrogens (primary N) is 1. The summed E-state index contributed by atoms with van der Waals surface area (Å²) >= 11 is 0. The second kappa shape index (κ2) is 6.20. The van der Waals surface area contributed by atoms with E-state index in [2.05, 4.69) is 10.3 Å². The molecule has 0 aliphatic heterocycles. The van der Waals surface area contributed by atoms with Gasteiger partial charge in [-0.05, 0) is 61.3 Å². The van der Waals surface area contributed by atoms with Crippen LogP contribution in [0.2, 0.25) is 0 Å². The predicted molar refractivity (Wildman–Crippen MR) is 92.9 cm³/mol. The lowest BCUT2D eigenvalue weighted by atomic mass is 10.0. The van der Waals surface area contributed by atoms with Crippen LogP contribution in [-0.4, -0.2) is 19.6 Å². The van der Waals surface area contributed by atoms with Crippen molar-refractivity contribution in [2.45, 2.75) is 25.7 Å². The summed E-state index contributed by atoms with van der Waals surface area (Å²) < 4.78 is 5.12. The Hall–Kier alpha value is -0.980. The normalized spacial score (nSPS) is 19.9. The smallest absolute Gasteiger partial charge is 0.193 e. The van der Waals surface area contributed by atoms with Gasteiger partial charge in [-0.25, -0.2) is 0 Å². The van der Waals surface area contributed by atoms with E-state index in [1.54, 1.807) is 7.11 Å².